The van der Waals surface area contributed by atoms with Crippen LogP contribution in [0.2, 0.25) is 0 Å². The summed E-state index contributed by atoms with van der Waals surface area (Å²) in [5, 5.41) is 0.305. The number of halogens is 1. The number of carbonyl (C=O) groups excluding carboxylic acids is 1. The summed E-state index contributed by atoms with van der Waals surface area (Å²) in [5.74, 6) is -0.923. The molecule has 1 aromatic carbocycles. The van der Waals surface area contributed by atoms with Crippen molar-refractivity contribution in [1.82, 2.24) is 9.97 Å². The van der Waals surface area contributed by atoms with Crippen molar-refractivity contribution in [2.45, 2.75) is 18.6 Å². The molecule has 3 aromatic rings. The molecule has 2 aromatic heterocycles. The molecule has 3 heterocycles. The van der Waals surface area contributed by atoms with Crippen LogP contribution in [0, 0.1) is 5.82 Å². The molecule has 0 amide bonds. The Morgan fingerprint density at radius 3 is 2.58 bits per heavy atom. The molecule has 4 rings (SSSR count). The van der Waals surface area contributed by atoms with Gasteiger partial charge in [-0.15, -0.1) is 0 Å². The summed E-state index contributed by atoms with van der Waals surface area (Å²) >= 11 is 0. The van der Waals surface area contributed by atoms with E-state index < -0.39 is 17.6 Å². The third-order valence-electron chi connectivity index (χ3n) is 5.69. The first kappa shape index (κ1) is 21.1. The van der Waals surface area contributed by atoms with Crippen molar-refractivity contribution >= 4 is 22.7 Å². The number of nitrogens with one attached hydrogen (secondary N) is 1. The molecule has 0 bridgehead atoms. The van der Waals surface area contributed by atoms with Gasteiger partial charge in [0.2, 0.25) is 0 Å². The van der Waals surface area contributed by atoms with Crippen molar-refractivity contribution in [2.24, 2.45) is 0 Å². The zero-order valence-electron chi connectivity index (χ0n) is 17.6. The third-order valence-corrected chi connectivity index (χ3v) is 5.69. The van der Waals surface area contributed by atoms with Crippen molar-refractivity contribution in [3.8, 4) is 11.5 Å². The number of fused-ring (bicyclic) bond motifs is 1. The number of H-pyrrole nitrogens is 1. The summed E-state index contributed by atoms with van der Waals surface area (Å²) in [4.78, 5) is 21.3. The van der Waals surface area contributed by atoms with Crippen LogP contribution in [-0.4, -0.2) is 56.1 Å². The highest BCUT2D eigenvalue weighted by Gasteiger charge is 2.34. The summed E-state index contributed by atoms with van der Waals surface area (Å²) in [6.45, 7) is 1.42. The van der Waals surface area contributed by atoms with Gasteiger partial charge in [0, 0.05) is 58.1 Å². The summed E-state index contributed by atoms with van der Waals surface area (Å²) < 4.78 is 35.9. The quantitative estimate of drug-likeness (QED) is 0.470. The van der Waals surface area contributed by atoms with Crippen molar-refractivity contribution < 1.29 is 28.1 Å². The van der Waals surface area contributed by atoms with E-state index in [2.05, 4.69) is 14.9 Å². The highest BCUT2D eigenvalue weighted by Crippen LogP contribution is 2.34. The molecular weight excluding hydrogens is 405 g/mol. The van der Waals surface area contributed by atoms with E-state index in [1.165, 1.54) is 25.6 Å². The van der Waals surface area contributed by atoms with E-state index >= 15 is 0 Å². The van der Waals surface area contributed by atoms with Crippen molar-refractivity contribution in [3.05, 3.63) is 48.0 Å². The standard InChI is InChI=1S/C22H24FN3O5/c1-28-21(27)16-5-4-14(26-8-6-22(29-2,30-3)7-9-26)10-19(16)31-15-11-17-18(23)13-25-20(17)24-12-15/h4-5,10-13H,6-9H2,1-3H3,(H,24,25). The molecule has 1 N–H and O–H groups in total. The van der Waals surface area contributed by atoms with Crippen molar-refractivity contribution in [2.75, 3.05) is 39.3 Å². The molecule has 1 aliphatic heterocycles. The van der Waals surface area contributed by atoms with Crippen LogP contribution >= 0.6 is 0 Å². The van der Waals surface area contributed by atoms with Crippen LogP contribution in [0.3, 0.4) is 0 Å². The van der Waals surface area contributed by atoms with E-state index in [4.69, 9.17) is 18.9 Å². The van der Waals surface area contributed by atoms with Crippen LogP contribution in [0.4, 0.5) is 10.1 Å². The number of pyridine rings is 1. The van der Waals surface area contributed by atoms with Crippen LogP contribution in [-0.2, 0) is 14.2 Å². The highest BCUT2D eigenvalue weighted by atomic mass is 19.1. The normalized spacial score (nSPS) is 15.8. The number of hydrogen-bond donors (Lipinski definition) is 1. The lowest BCUT2D eigenvalue weighted by Gasteiger charge is -2.40. The lowest BCUT2D eigenvalue weighted by Crippen LogP contribution is -2.46. The van der Waals surface area contributed by atoms with E-state index in [-0.39, 0.29) is 5.56 Å². The first-order valence-corrected chi connectivity index (χ1v) is 9.86. The molecule has 1 saturated heterocycles. The van der Waals surface area contributed by atoms with Gasteiger partial charge < -0.3 is 28.8 Å². The molecule has 8 nitrogen and oxygen atoms in total. The molecule has 1 fully saturated rings. The molecule has 0 aliphatic carbocycles. The zero-order chi connectivity index (χ0) is 22.0. The van der Waals surface area contributed by atoms with Gasteiger partial charge in [-0.1, -0.05) is 0 Å². The maximum atomic E-state index is 13.9. The van der Waals surface area contributed by atoms with Crippen LogP contribution < -0.4 is 9.64 Å². The number of esters is 1. The molecule has 31 heavy (non-hydrogen) atoms. The first-order chi connectivity index (χ1) is 15.0. The van der Waals surface area contributed by atoms with Crippen LogP contribution in [0.25, 0.3) is 11.0 Å². The predicted octanol–water partition coefficient (Wildman–Crippen LogP) is 3.87. The number of nitrogens with zero attached hydrogens (tertiary/aromatic N) is 2. The minimum absolute atomic E-state index is 0.265. The Morgan fingerprint density at radius 1 is 1.16 bits per heavy atom. The van der Waals surface area contributed by atoms with Gasteiger partial charge in [-0.2, -0.15) is 0 Å². The molecule has 0 saturated carbocycles. The van der Waals surface area contributed by atoms with E-state index in [9.17, 15) is 9.18 Å². The number of benzene rings is 1. The van der Waals surface area contributed by atoms with Crippen LogP contribution in [0.1, 0.15) is 23.2 Å². The van der Waals surface area contributed by atoms with Gasteiger partial charge in [-0.25, -0.2) is 14.2 Å². The molecule has 9 heteroatoms. The fourth-order valence-electron chi connectivity index (χ4n) is 3.80. The largest absolute Gasteiger partial charge is 0.465 e. The van der Waals surface area contributed by atoms with Gasteiger partial charge in [-0.05, 0) is 18.2 Å². The number of carbonyl (C=O) groups is 1. The second-order valence-electron chi connectivity index (χ2n) is 7.28. The number of ether oxygens (including phenoxy) is 4. The smallest absolute Gasteiger partial charge is 0.341 e. The maximum Gasteiger partial charge on any atom is 0.341 e. The highest BCUT2D eigenvalue weighted by molar-refractivity contribution is 5.93. The van der Waals surface area contributed by atoms with Gasteiger partial charge in [0.1, 0.15) is 28.5 Å². The molecule has 164 valence electrons. The van der Waals surface area contributed by atoms with Crippen LogP contribution in [0.15, 0.2) is 36.7 Å². The second-order valence-corrected chi connectivity index (χ2v) is 7.28. The van der Waals surface area contributed by atoms with Gasteiger partial charge in [-0.3, -0.25) is 0 Å². The number of piperidine rings is 1. The number of hydrogen-bond acceptors (Lipinski definition) is 7. The minimum Gasteiger partial charge on any atom is -0.465 e. The maximum absolute atomic E-state index is 13.9. The lowest BCUT2D eigenvalue weighted by molar-refractivity contribution is -0.216. The number of methoxy groups -OCH3 is 3. The van der Waals surface area contributed by atoms with Gasteiger partial charge in [0.15, 0.2) is 5.79 Å². The molecule has 0 unspecified atom stereocenters. The van der Waals surface area contributed by atoms with E-state index in [1.807, 2.05) is 6.07 Å². The predicted molar refractivity (Wildman–Crippen MR) is 112 cm³/mol. The lowest BCUT2D eigenvalue weighted by atomic mass is 10.0. The summed E-state index contributed by atoms with van der Waals surface area (Å²) in [7, 11) is 4.60. The second kappa shape index (κ2) is 8.52. The molecule has 1 aliphatic rings. The average Bonchev–Trinajstić information content (AvgIpc) is 3.18. The molecule has 0 spiro atoms. The molecule has 0 atom stereocenters. The van der Waals surface area contributed by atoms with Gasteiger partial charge >= 0.3 is 5.97 Å². The van der Waals surface area contributed by atoms with Crippen molar-refractivity contribution in [3.63, 3.8) is 0 Å². The Kier molecular flexibility index (Phi) is 5.79. The van der Waals surface area contributed by atoms with Gasteiger partial charge in [0.05, 0.1) is 18.7 Å². The van der Waals surface area contributed by atoms with Crippen molar-refractivity contribution in [1.29, 1.82) is 0 Å². The Morgan fingerprint density at radius 2 is 1.90 bits per heavy atom. The number of aromatic amines is 1. The average molecular weight is 429 g/mol. The summed E-state index contributed by atoms with van der Waals surface area (Å²) in [6.07, 6.45) is 4.10. The van der Waals surface area contributed by atoms with E-state index in [1.54, 1.807) is 26.4 Å². The monoisotopic (exact) mass is 429 g/mol. The Balaban J connectivity index is 1.63. The third kappa shape index (κ3) is 4.06. The first-order valence-electron chi connectivity index (χ1n) is 9.86. The Bertz CT molecular complexity index is 1090. The van der Waals surface area contributed by atoms with Crippen LogP contribution in [0.5, 0.6) is 11.5 Å². The topological polar surface area (TPSA) is 85.9 Å². The molecule has 0 radical (unpaired) electrons. The zero-order valence-corrected chi connectivity index (χ0v) is 17.6. The number of aromatic nitrogens is 2. The Hall–Kier alpha value is -3.17. The summed E-state index contributed by atoms with van der Waals surface area (Å²) in [5.41, 5.74) is 1.56. The fraction of sp³-hybridized carbons (Fsp3) is 0.364. The summed E-state index contributed by atoms with van der Waals surface area (Å²) in [6, 6.07) is 6.82. The number of anilines is 1. The Labute approximate surface area is 178 Å². The fourth-order valence-corrected chi connectivity index (χ4v) is 3.80. The van der Waals surface area contributed by atoms with Gasteiger partial charge in [0.25, 0.3) is 0 Å². The minimum atomic E-state index is -0.580. The van der Waals surface area contributed by atoms with E-state index in [0.29, 0.717) is 48.5 Å². The SMILES string of the molecule is COC(=O)c1ccc(N2CCC(OC)(OC)CC2)cc1Oc1cnc2[nH]cc(F)c2c1. The molecular formula is C22H24FN3O5. The number of rotatable bonds is 6. The van der Waals surface area contributed by atoms with E-state index in [0.717, 1.165) is 5.69 Å².